The largest absolute Gasteiger partial charge is 0.382 e. The van der Waals surface area contributed by atoms with Crippen LogP contribution in [0.25, 0.3) is 0 Å². The molecule has 0 bridgehead atoms. The van der Waals surface area contributed by atoms with E-state index in [1.807, 2.05) is 0 Å². The second kappa shape index (κ2) is 4.66. The minimum Gasteiger partial charge on any atom is -0.382 e. The van der Waals surface area contributed by atoms with E-state index < -0.39 is 0 Å². The average molecular weight is 145 g/mol. The van der Waals surface area contributed by atoms with Gasteiger partial charge < -0.3 is 4.74 Å². The molecule has 0 amide bonds. The monoisotopic (exact) mass is 145 g/mol. The summed E-state index contributed by atoms with van der Waals surface area (Å²) in [7, 11) is 1.67. The fraction of sp³-hybridized carbons (Fsp3) is 1.00. The van der Waals surface area contributed by atoms with E-state index in [1.54, 1.807) is 7.11 Å². The summed E-state index contributed by atoms with van der Waals surface area (Å²) in [5.41, 5.74) is 2.90. The quantitative estimate of drug-likeness (QED) is 0.437. The number of ether oxygens (including phenoxy) is 1. The summed E-state index contributed by atoms with van der Waals surface area (Å²) in [4.78, 5) is 5.05. The molecule has 1 saturated carbocycles. The first-order chi connectivity index (χ1) is 4.93. The molecule has 1 fully saturated rings. The lowest BCUT2D eigenvalue weighted by atomic mass is 10.4. The van der Waals surface area contributed by atoms with Crippen LogP contribution in [0.2, 0.25) is 0 Å². The smallest absolute Gasteiger partial charge is 0.0915 e. The van der Waals surface area contributed by atoms with Crippen LogP contribution in [0.15, 0.2) is 0 Å². The van der Waals surface area contributed by atoms with Crippen molar-refractivity contribution in [3.63, 3.8) is 0 Å². The molecule has 1 aliphatic rings. The van der Waals surface area contributed by atoms with Crippen LogP contribution < -0.4 is 5.48 Å². The number of methoxy groups -OCH3 is 1. The summed E-state index contributed by atoms with van der Waals surface area (Å²) in [6.45, 7) is 2.31. The van der Waals surface area contributed by atoms with Gasteiger partial charge in [0, 0.05) is 13.7 Å². The number of hydrogen-bond donors (Lipinski definition) is 1. The van der Waals surface area contributed by atoms with Gasteiger partial charge >= 0.3 is 0 Å². The Morgan fingerprint density at radius 2 is 2.20 bits per heavy atom. The molecule has 0 unspecified atom stereocenters. The Hall–Kier alpha value is -0.120. The van der Waals surface area contributed by atoms with Crippen molar-refractivity contribution in [3.05, 3.63) is 0 Å². The van der Waals surface area contributed by atoms with Gasteiger partial charge in [-0.15, -0.1) is 0 Å². The minimum absolute atomic E-state index is 0.642. The fourth-order valence-corrected chi connectivity index (χ4v) is 0.696. The Kier molecular flexibility index (Phi) is 3.72. The Bertz CT molecular complexity index is 83.7. The second-order valence-corrected chi connectivity index (χ2v) is 2.63. The highest BCUT2D eigenvalue weighted by Crippen LogP contribution is 2.27. The molecule has 0 radical (unpaired) electrons. The first-order valence-corrected chi connectivity index (χ1v) is 3.77. The molecule has 0 heterocycles. The molecule has 0 aliphatic heterocycles. The van der Waals surface area contributed by atoms with Gasteiger partial charge in [0.15, 0.2) is 0 Å². The molecule has 10 heavy (non-hydrogen) atoms. The highest BCUT2D eigenvalue weighted by atomic mass is 16.7. The highest BCUT2D eigenvalue weighted by Gasteiger charge is 2.20. The van der Waals surface area contributed by atoms with Gasteiger partial charge in [0.1, 0.15) is 0 Å². The van der Waals surface area contributed by atoms with Crippen LogP contribution in [0, 0.1) is 5.92 Å². The first kappa shape index (κ1) is 7.98. The zero-order valence-electron chi connectivity index (χ0n) is 6.43. The zero-order valence-corrected chi connectivity index (χ0v) is 6.43. The number of hydroxylamine groups is 1. The Morgan fingerprint density at radius 1 is 1.40 bits per heavy atom. The van der Waals surface area contributed by atoms with Gasteiger partial charge in [-0.05, 0) is 18.8 Å². The maximum absolute atomic E-state index is 5.05. The molecular weight excluding hydrogens is 130 g/mol. The molecule has 0 aromatic heterocycles. The summed E-state index contributed by atoms with van der Waals surface area (Å²) in [5, 5.41) is 0. The second-order valence-electron chi connectivity index (χ2n) is 2.63. The fourth-order valence-electron chi connectivity index (χ4n) is 0.696. The molecule has 60 valence electrons. The van der Waals surface area contributed by atoms with Gasteiger partial charge in [0.25, 0.3) is 0 Å². The Morgan fingerprint density at radius 3 is 2.80 bits per heavy atom. The van der Waals surface area contributed by atoms with Crippen molar-refractivity contribution < 1.29 is 9.57 Å². The van der Waals surface area contributed by atoms with Crippen molar-refractivity contribution in [2.24, 2.45) is 5.92 Å². The van der Waals surface area contributed by atoms with Crippen molar-refractivity contribution in [1.82, 2.24) is 5.48 Å². The maximum atomic E-state index is 5.05. The normalized spacial score (nSPS) is 17.7. The number of rotatable bonds is 6. The molecule has 0 saturated heterocycles. The predicted molar refractivity (Wildman–Crippen MR) is 38.6 cm³/mol. The summed E-state index contributed by atoms with van der Waals surface area (Å²) in [5.74, 6) is 0.877. The van der Waals surface area contributed by atoms with Crippen LogP contribution in [-0.4, -0.2) is 26.9 Å². The van der Waals surface area contributed by atoms with E-state index in [1.165, 1.54) is 12.8 Å². The van der Waals surface area contributed by atoms with Gasteiger partial charge in [-0.2, -0.15) is 0 Å². The van der Waals surface area contributed by atoms with E-state index >= 15 is 0 Å². The molecular formula is C7H15NO2. The van der Waals surface area contributed by atoms with Crippen molar-refractivity contribution in [2.45, 2.75) is 12.8 Å². The van der Waals surface area contributed by atoms with Gasteiger partial charge in [-0.25, -0.2) is 5.48 Å². The van der Waals surface area contributed by atoms with Crippen molar-refractivity contribution >= 4 is 0 Å². The van der Waals surface area contributed by atoms with Crippen molar-refractivity contribution in [1.29, 1.82) is 0 Å². The number of hydrogen-bond acceptors (Lipinski definition) is 3. The molecule has 0 spiro atoms. The van der Waals surface area contributed by atoms with E-state index in [4.69, 9.17) is 9.57 Å². The summed E-state index contributed by atoms with van der Waals surface area (Å²) in [6, 6.07) is 0. The topological polar surface area (TPSA) is 30.5 Å². The lowest BCUT2D eigenvalue weighted by molar-refractivity contribution is 0.00522. The summed E-state index contributed by atoms with van der Waals surface area (Å²) in [6.07, 6.45) is 2.72. The zero-order chi connectivity index (χ0) is 7.23. The number of nitrogens with one attached hydrogen (secondary N) is 1. The molecule has 1 rings (SSSR count). The summed E-state index contributed by atoms with van der Waals surface area (Å²) >= 11 is 0. The SMILES string of the molecule is COCCONCC1CC1. The van der Waals surface area contributed by atoms with Crippen LogP contribution in [-0.2, 0) is 9.57 Å². The van der Waals surface area contributed by atoms with Gasteiger partial charge in [0.05, 0.1) is 13.2 Å². The van der Waals surface area contributed by atoms with E-state index in [0.717, 1.165) is 12.5 Å². The van der Waals surface area contributed by atoms with Crippen LogP contribution in [0.5, 0.6) is 0 Å². The van der Waals surface area contributed by atoms with E-state index in [2.05, 4.69) is 5.48 Å². The highest BCUT2D eigenvalue weighted by molar-refractivity contribution is 4.73. The van der Waals surface area contributed by atoms with Crippen LogP contribution in [0.1, 0.15) is 12.8 Å². The van der Waals surface area contributed by atoms with E-state index in [-0.39, 0.29) is 0 Å². The third kappa shape index (κ3) is 3.82. The molecule has 0 aromatic carbocycles. The molecule has 0 aromatic rings. The third-order valence-corrected chi connectivity index (χ3v) is 1.56. The van der Waals surface area contributed by atoms with Crippen molar-refractivity contribution in [3.8, 4) is 0 Å². The lowest BCUT2D eigenvalue weighted by Crippen LogP contribution is -2.19. The molecule has 1 aliphatic carbocycles. The van der Waals surface area contributed by atoms with E-state index in [9.17, 15) is 0 Å². The predicted octanol–water partition coefficient (Wildman–Crippen LogP) is 0.564. The minimum atomic E-state index is 0.642. The first-order valence-electron chi connectivity index (χ1n) is 3.77. The van der Waals surface area contributed by atoms with Crippen molar-refractivity contribution in [2.75, 3.05) is 26.9 Å². The van der Waals surface area contributed by atoms with Gasteiger partial charge in [0.2, 0.25) is 0 Å². The molecule has 0 atom stereocenters. The van der Waals surface area contributed by atoms with Gasteiger partial charge in [-0.1, -0.05) is 0 Å². The van der Waals surface area contributed by atoms with Crippen LogP contribution in [0.3, 0.4) is 0 Å². The third-order valence-electron chi connectivity index (χ3n) is 1.56. The summed E-state index contributed by atoms with van der Waals surface area (Å²) < 4.78 is 4.80. The molecule has 3 heteroatoms. The lowest BCUT2D eigenvalue weighted by Gasteiger charge is -2.02. The Balaban J connectivity index is 1.68. The maximum Gasteiger partial charge on any atom is 0.0915 e. The van der Waals surface area contributed by atoms with E-state index in [0.29, 0.717) is 13.2 Å². The standard InChI is InChI=1S/C7H15NO2/c1-9-4-5-10-8-6-7-2-3-7/h7-8H,2-6H2,1H3. The molecule has 3 nitrogen and oxygen atoms in total. The van der Waals surface area contributed by atoms with Crippen LogP contribution in [0.4, 0.5) is 0 Å². The average Bonchev–Trinajstić information content (AvgIpc) is 2.71. The Labute approximate surface area is 61.7 Å². The van der Waals surface area contributed by atoms with Gasteiger partial charge in [-0.3, -0.25) is 4.84 Å². The molecule has 1 N–H and O–H groups in total. The van der Waals surface area contributed by atoms with Crippen LogP contribution >= 0.6 is 0 Å².